The van der Waals surface area contributed by atoms with E-state index >= 15 is 0 Å². The molecule has 4 atom stereocenters. The van der Waals surface area contributed by atoms with Crippen molar-refractivity contribution in [3.63, 3.8) is 0 Å². The number of hydrogen-bond donors (Lipinski definition) is 1. The van der Waals surface area contributed by atoms with Crippen LogP contribution in [0.15, 0.2) is 21.9 Å². The van der Waals surface area contributed by atoms with Crippen molar-refractivity contribution in [3.05, 3.63) is 33.1 Å². The van der Waals surface area contributed by atoms with E-state index in [1.54, 1.807) is 0 Å². The zero-order valence-corrected chi connectivity index (χ0v) is 18.7. The predicted molar refractivity (Wildman–Crippen MR) is 103 cm³/mol. The van der Waals surface area contributed by atoms with Gasteiger partial charge >= 0.3 is 160 Å². The van der Waals surface area contributed by atoms with Crippen LogP contribution in [-0.4, -0.2) is 56.7 Å². The molecule has 0 unspecified atom stereocenters. The van der Waals surface area contributed by atoms with Crippen LogP contribution >= 0.6 is 0 Å². The summed E-state index contributed by atoms with van der Waals surface area (Å²) in [6.45, 7) is 10.9. The minimum absolute atomic E-state index is 0.0905. The van der Waals surface area contributed by atoms with Gasteiger partial charge in [0.05, 0.1) is 0 Å². The van der Waals surface area contributed by atoms with Gasteiger partial charge in [0, 0.05) is 0 Å². The Balaban J connectivity index is 1.74. The zero-order chi connectivity index (χ0) is 19.1. The summed E-state index contributed by atoms with van der Waals surface area (Å²) in [7, 11) is -1.02. The van der Waals surface area contributed by atoms with Crippen LogP contribution in [0, 0.1) is 0 Å². The van der Waals surface area contributed by atoms with Gasteiger partial charge in [-0.2, -0.15) is 0 Å². The number of hydrogen-bond acceptors (Lipinski definition) is 5. The Labute approximate surface area is 160 Å². The second kappa shape index (κ2) is 7.37. The molecule has 26 heavy (non-hydrogen) atoms. The summed E-state index contributed by atoms with van der Waals surface area (Å²) in [6.07, 6.45) is 0.251. The van der Waals surface area contributed by atoms with Crippen LogP contribution in [0.25, 0.3) is 0 Å². The number of nitrogens with zero attached hydrogens (tertiary/aromatic N) is 1. The molecule has 0 amide bonds. The van der Waals surface area contributed by atoms with E-state index < -0.39 is 31.3 Å². The summed E-state index contributed by atoms with van der Waals surface area (Å²) >= 11 is 0.469. The van der Waals surface area contributed by atoms with Gasteiger partial charge in [-0.25, -0.2) is 0 Å². The molecule has 0 aromatic carbocycles. The fourth-order valence-corrected chi connectivity index (χ4v) is 10.1. The van der Waals surface area contributed by atoms with Gasteiger partial charge in [-0.1, -0.05) is 0 Å². The van der Waals surface area contributed by atoms with Crippen LogP contribution in [0.1, 0.15) is 20.1 Å². The summed E-state index contributed by atoms with van der Waals surface area (Å²) in [6, 6.07) is 2.64. The molecule has 7 nitrogen and oxygen atoms in total. The SMILES string of the molecule is CC1(C)O[C@@H]2[C@H](O1)[C@@H](C[Se]CC[Si](C)(C)C)O[C@H]2n1ccc(=O)[nH]c1=O. The number of rotatable bonds is 6. The average Bonchev–Trinajstić information content (AvgIpc) is 2.97. The Bertz CT molecular complexity index is 757. The Morgan fingerprint density at radius 3 is 2.58 bits per heavy atom. The van der Waals surface area contributed by atoms with Crippen LogP contribution in [-0.2, 0) is 14.2 Å². The van der Waals surface area contributed by atoms with E-state index in [2.05, 4.69) is 24.6 Å². The molecule has 0 aliphatic carbocycles. The average molecular weight is 447 g/mol. The van der Waals surface area contributed by atoms with Gasteiger partial charge in [0.2, 0.25) is 0 Å². The molecule has 1 aromatic rings. The molecule has 0 spiro atoms. The van der Waals surface area contributed by atoms with E-state index in [4.69, 9.17) is 14.2 Å². The first kappa shape index (κ1) is 20.0. The van der Waals surface area contributed by atoms with Crippen LogP contribution in [0.3, 0.4) is 0 Å². The molecule has 146 valence electrons. The topological polar surface area (TPSA) is 82.6 Å². The van der Waals surface area contributed by atoms with Gasteiger partial charge in [-0.3, -0.25) is 0 Å². The first-order valence-corrected chi connectivity index (χ1v) is 15.1. The molecule has 1 N–H and O–H groups in total. The Morgan fingerprint density at radius 2 is 1.92 bits per heavy atom. The van der Waals surface area contributed by atoms with Crippen molar-refractivity contribution < 1.29 is 14.2 Å². The zero-order valence-electron chi connectivity index (χ0n) is 16.0. The van der Waals surface area contributed by atoms with Crippen LogP contribution in [0.4, 0.5) is 0 Å². The third kappa shape index (κ3) is 4.58. The standard InChI is InChI=1S/C17H28N2O5SeSi/c1-17(2)23-13-11(10-25-8-9-26(3,4)5)22-15(14(13)24-17)19-7-6-12(20)18-16(19)21/h6-7,11,13-15H,8-10H2,1-5H3,(H,18,20,21)/t11-,13-,14-,15-/m1/s1. The van der Waals surface area contributed by atoms with Gasteiger partial charge in [0.25, 0.3) is 0 Å². The van der Waals surface area contributed by atoms with E-state index in [0.717, 1.165) is 5.32 Å². The molecular formula is C17H28N2O5SeSi. The molecular weight excluding hydrogens is 419 g/mol. The van der Waals surface area contributed by atoms with Crippen LogP contribution < -0.4 is 11.2 Å². The van der Waals surface area contributed by atoms with Crippen molar-refractivity contribution in [3.8, 4) is 0 Å². The normalized spacial score (nSPS) is 30.5. The number of aromatic amines is 1. The monoisotopic (exact) mass is 448 g/mol. The Kier molecular flexibility index (Phi) is 5.68. The van der Waals surface area contributed by atoms with Crippen molar-refractivity contribution >= 4 is 23.0 Å². The third-order valence-corrected chi connectivity index (χ3v) is 9.31. The van der Waals surface area contributed by atoms with Crippen molar-refractivity contribution in [1.29, 1.82) is 0 Å². The Hall–Kier alpha value is -0.704. The number of ether oxygens (including phenoxy) is 3. The van der Waals surface area contributed by atoms with Gasteiger partial charge in [0.15, 0.2) is 0 Å². The molecule has 3 heterocycles. The molecule has 3 rings (SSSR count). The molecule has 2 aliphatic heterocycles. The second-order valence-electron chi connectivity index (χ2n) is 8.53. The predicted octanol–water partition coefficient (Wildman–Crippen LogP) is 1.83. The first-order valence-electron chi connectivity index (χ1n) is 8.96. The van der Waals surface area contributed by atoms with Gasteiger partial charge in [-0.15, -0.1) is 0 Å². The molecule has 2 saturated heterocycles. The summed E-state index contributed by atoms with van der Waals surface area (Å²) in [5, 5.41) is 2.18. The summed E-state index contributed by atoms with van der Waals surface area (Å²) in [4.78, 5) is 25.8. The van der Waals surface area contributed by atoms with Crippen molar-refractivity contribution in [2.24, 2.45) is 0 Å². The number of nitrogens with one attached hydrogen (secondary N) is 1. The molecule has 0 saturated carbocycles. The van der Waals surface area contributed by atoms with E-state index in [-0.39, 0.29) is 18.3 Å². The summed E-state index contributed by atoms with van der Waals surface area (Å²) < 4.78 is 19.7. The number of aromatic nitrogens is 2. The fourth-order valence-electron chi connectivity index (χ4n) is 3.22. The molecule has 1 aromatic heterocycles. The van der Waals surface area contributed by atoms with Gasteiger partial charge in [0.1, 0.15) is 0 Å². The van der Waals surface area contributed by atoms with Gasteiger partial charge in [-0.05, 0) is 0 Å². The summed E-state index contributed by atoms with van der Waals surface area (Å²) in [5.74, 6) is -0.702. The second-order valence-corrected chi connectivity index (χ2v) is 16.6. The molecule has 0 radical (unpaired) electrons. The molecule has 2 fully saturated rings. The number of H-pyrrole nitrogens is 1. The molecule has 2 aliphatic rings. The van der Waals surface area contributed by atoms with Crippen molar-refractivity contribution in [2.75, 3.05) is 0 Å². The van der Waals surface area contributed by atoms with E-state index in [9.17, 15) is 9.59 Å². The van der Waals surface area contributed by atoms with E-state index in [1.807, 2.05) is 13.8 Å². The first-order chi connectivity index (χ1) is 12.1. The maximum atomic E-state index is 12.2. The van der Waals surface area contributed by atoms with Crippen LogP contribution in [0.2, 0.25) is 36.3 Å². The quantitative estimate of drug-likeness (QED) is 0.532. The fraction of sp³-hybridized carbons (Fsp3) is 0.765. The summed E-state index contributed by atoms with van der Waals surface area (Å²) in [5.41, 5.74) is -0.907. The van der Waals surface area contributed by atoms with Crippen molar-refractivity contribution in [1.82, 2.24) is 9.55 Å². The third-order valence-electron chi connectivity index (χ3n) is 4.53. The van der Waals surface area contributed by atoms with Crippen LogP contribution in [0.5, 0.6) is 0 Å². The van der Waals surface area contributed by atoms with E-state index in [0.29, 0.717) is 15.0 Å². The van der Waals surface area contributed by atoms with E-state index in [1.165, 1.54) is 28.2 Å². The Morgan fingerprint density at radius 1 is 1.23 bits per heavy atom. The maximum absolute atomic E-state index is 12.2. The molecule has 9 heteroatoms. The van der Waals surface area contributed by atoms with Crippen molar-refractivity contribution in [2.45, 2.75) is 80.5 Å². The minimum atomic E-state index is -1.02. The van der Waals surface area contributed by atoms with Gasteiger partial charge < -0.3 is 0 Å². The molecule has 0 bridgehead atoms. The number of fused-ring (bicyclic) bond motifs is 1.